The third-order valence-corrected chi connectivity index (χ3v) is 5.27. The number of hydrogen-bond acceptors (Lipinski definition) is 5. The largest absolute Gasteiger partial charge is 0.384 e. The van der Waals surface area contributed by atoms with E-state index in [2.05, 4.69) is 21.1 Å². The first-order valence-corrected chi connectivity index (χ1v) is 9.11. The summed E-state index contributed by atoms with van der Waals surface area (Å²) in [5.74, 6) is 0. The summed E-state index contributed by atoms with van der Waals surface area (Å²) in [5, 5.41) is 10.1. The molecule has 0 saturated heterocycles. The van der Waals surface area contributed by atoms with Crippen LogP contribution in [-0.2, 0) is 10.3 Å². The Morgan fingerprint density at radius 1 is 1.24 bits per heavy atom. The molecule has 3 rings (SSSR count). The average molecular weight is 343 g/mol. The summed E-state index contributed by atoms with van der Waals surface area (Å²) in [5.41, 5.74) is 2.82. The minimum atomic E-state index is -0.931. The molecule has 0 aromatic carbocycles. The molecular weight excluding hydrogens is 314 g/mol. The molecule has 2 aliphatic rings. The Hall–Kier alpha value is -1.72. The van der Waals surface area contributed by atoms with Gasteiger partial charge in [-0.15, -0.1) is 0 Å². The van der Waals surface area contributed by atoms with Crippen molar-refractivity contribution in [1.29, 1.82) is 0 Å². The number of ether oxygens (including phenoxy) is 1. The van der Waals surface area contributed by atoms with E-state index < -0.39 is 5.60 Å². The maximum Gasteiger partial charge on any atom is 0.101 e. The minimum absolute atomic E-state index is 0.416. The van der Waals surface area contributed by atoms with Crippen molar-refractivity contribution in [3.05, 3.63) is 35.3 Å². The van der Waals surface area contributed by atoms with Crippen LogP contribution < -0.4 is 0 Å². The highest BCUT2D eigenvalue weighted by atomic mass is 16.5. The minimum Gasteiger partial charge on any atom is -0.384 e. The molecule has 1 N–H and O–H groups in total. The van der Waals surface area contributed by atoms with Gasteiger partial charge in [0, 0.05) is 37.3 Å². The predicted molar refractivity (Wildman–Crippen MR) is 100 cm³/mol. The summed E-state index contributed by atoms with van der Waals surface area (Å²) in [6.45, 7) is 6.42. The fraction of sp³-hybridized carbons (Fsp3) is 0.600. The molecule has 1 saturated carbocycles. The predicted octanol–water partition coefficient (Wildman–Crippen LogP) is 3.26. The second-order valence-corrected chi connectivity index (χ2v) is 7.63. The van der Waals surface area contributed by atoms with Crippen LogP contribution >= 0.6 is 0 Å². The van der Waals surface area contributed by atoms with E-state index in [4.69, 9.17) is 4.74 Å². The summed E-state index contributed by atoms with van der Waals surface area (Å²) < 4.78 is 5.48. The lowest BCUT2D eigenvalue weighted by Gasteiger charge is -2.36. The van der Waals surface area contributed by atoms with Crippen LogP contribution in [0.3, 0.4) is 0 Å². The maximum atomic E-state index is 10.1. The van der Waals surface area contributed by atoms with Crippen LogP contribution in [0.2, 0.25) is 0 Å². The van der Waals surface area contributed by atoms with Crippen LogP contribution in [0.5, 0.6) is 0 Å². The van der Waals surface area contributed by atoms with Gasteiger partial charge in [-0.1, -0.05) is 0 Å². The van der Waals surface area contributed by atoms with Gasteiger partial charge in [-0.2, -0.15) is 0 Å². The molecular formula is C20H29N3O2. The summed E-state index contributed by atoms with van der Waals surface area (Å²) >= 11 is 0. The third-order valence-electron chi connectivity index (χ3n) is 5.27. The van der Waals surface area contributed by atoms with Gasteiger partial charge < -0.3 is 14.7 Å². The van der Waals surface area contributed by atoms with Crippen molar-refractivity contribution in [1.82, 2.24) is 9.88 Å². The Bertz CT molecular complexity index is 668. The van der Waals surface area contributed by atoms with Gasteiger partial charge in [-0.05, 0) is 58.1 Å². The van der Waals surface area contributed by atoms with Crippen LogP contribution in [-0.4, -0.2) is 47.0 Å². The Balaban J connectivity index is 1.78. The quantitative estimate of drug-likeness (QED) is 0.912. The summed E-state index contributed by atoms with van der Waals surface area (Å²) in [6, 6.07) is 2.51. The smallest absolute Gasteiger partial charge is 0.101 e. The molecule has 0 bridgehead atoms. The molecule has 1 aromatic heterocycles. The molecule has 136 valence electrons. The van der Waals surface area contributed by atoms with Gasteiger partial charge in [0.25, 0.3) is 0 Å². The van der Waals surface area contributed by atoms with Crippen molar-refractivity contribution < 1.29 is 9.84 Å². The van der Waals surface area contributed by atoms with Gasteiger partial charge >= 0.3 is 0 Å². The molecule has 0 unspecified atom stereocenters. The molecule has 25 heavy (non-hydrogen) atoms. The molecule has 1 aromatic rings. The van der Waals surface area contributed by atoms with Crippen LogP contribution in [0.15, 0.2) is 23.5 Å². The van der Waals surface area contributed by atoms with E-state index in [0.717, 1.165) is 49.1 Å². The number of aliphatic hydroxyl groups is 1. The number of nitrogens with zero attached hydrogens (tertiary/aromatic N) is 3. The van der Waals surface area contributed by atoms with Gasteiger partial charge in [0.15, 0.2) is 0 Å². The summed E-state index contributed by atoms with van der Waals surface area (Å²) in [7, 11) is 1.81. The molecule has 5 nitrogen and oxygen atoms in total. The van der Waals surface area contributed by atoms with Gasteiger partial charge in [0.2, 0.25) is 0 Å². The van der Waals surface area contributed by atoms with Gasteiger partial charge in [0.05, 0.1) is 24.0 Å². The Morgan fingerprint density at radius 2 is 1.96 bits per heavy atom. The van der Waals surface area contributed by atoms with Crippen molar-refractivity contribution in [2.24, 2.45) is 4.99 Å². The van der Waals surface area contributed by atoms with Crippen LogP contribution in [0.4, 0.5) is 0 Å². The van der Waals surface area contributed by atoms with E-state index in [0.29, 0.717) is 17.8 Å². The highest BCUT2D eigenvalue weighted by Gasteiger charge is 2.26. The number of pyridine rings is 1. The molecule has 0 amide bonds. The first kappa shape index (κ1) is 18.1. The molecule has 5 heteroatoms. The third kappa shape index (κ3) is 4.10. The lowest BCUT2D eigenvalue weighted by atomic mass is 9.91. The molecule has 0 atom stereocenters. The van der Waals surface area contributed by atoms with Crippen molar-refractivity contribution >= 4 is 11.9 Å². The molecule has 1 aliphatic carbocycles. The standard InChI is InChI=1S/C20H29N3O2/c1-14-11-19(20(2,3)24)22-12-17(14)18-13-23(10-9-21-18)15-5-7-16(25-4)8-6-15/h9,11-13,15-16,24H,5-8,10H2,1-4H3. The zero-order valence-corrected chi connectivity index (χ0v) is 15.7. The van der Waals surface area contributed by atoms with Crippen molar-refractivity contribution in [3.8, 4) is 0 Å². The highest BCUT2D eigenvalue weighted by Crippen LogP contribution is 2.29. The molecule has 0 radical (unpaired) electrons. The lowest BCUT2D eigenvalue weighted by Crippen LogP contribution is -2.38. The molecule has 1 fully saturated rings. The first-order chi connectivity index (χ1) is 11.9. The zero-order valence-electron chi connectivity index (χ0n) is 15.7. The number of aliphatic imine (C=N–C) groups is 1. The summed E-state index contributed by atoms with van der Waals surface area (Å²) in [6.07, 6.45) is 11.0. The fourth-order valence-electron chi connectivity index (χ4n) is 3.64. The van der Waals surface area contributed by atoms with E-state index in [1.54, 1.807) is 13.8 Å². The monoisotopic (exact) mass is 343 g/mol. The average Bonchev–Trinajstić information content (AvgIpc) is 2.61. The fourth-order valence-corrected chi connectivity index (χ4v) is 3.64. The number of methoxy groups -OCH3 is 1. The summed E-state index contributed by atoms with van der Waals surface area (Å²) in [4.78, 5) is 11.4. The van der Waals surface area contributed by atoms with Gasteiger partial charge in [-0.25, -0.2) is 0 Å². The van der Waals surface area contributed by atoms with Crippen LogP contribution in [0.25, 0.3) is 5.70 Å². The number of aryl methyl sites for hydroxylation is 1. The SMILES string of the molecule is COC1CCC(N2C=C(c3cnc(C(C)(C)O)cc3C)N=CC2)CC1. The van der Waals surface area contributed by atoms with Crippen molar-refractivity contribution in [2.45, 2.75) is 64.2 Å². The highest BCUT2D eigenvalue weighted by molar-refractivity contribution is 5.78. The Morgan fingerprint density at radius 3 is 2.56 bits per heavy atom. The van der Waals surface area contributed by atoms with Crippen molar-refractivity contribution in [2.75, 3.05) is 13.7 Å². The van der Waals surface area contributed by atoms with E-state index in [9.17, 15) is 5.11 Å². The van der Waals surface area contributed by atoms with E-state index in [1.807, 2.05) is 32.5 Å². The number of hydrogen-bond donors (Lipinski definition) is 1. The normalized spacial score (nSPS) is 24.4. The van der Waals surface area contributed by atoms with E-state index in [-0.39, 0.29) is 0 Å². The van der Waals surface area contributed by atoms with Crippen molar-refractivity contribution in [3.63, 3.8) is 0 Å². The molecule has 1 aliphatic heterocycles. The van der Waals surface area contributed by atoms with Crippen LogP contribution in [0, 0.1) is 6.92 Å². The lowest BCUT2D eigenvalue weighted by molar-refractivity contribution is 0.0501. The van der Waals surface area contributed by atoms with Gasteiger partial charge in [0.1, 0.15) is 5.60 Å². The second-order valence-electron chi connectivity index (χ2n) is 7.63. The number of rotatable bonds is 4. The van der Waals surface area contributed by atoms with Crippen LogP contribution in [0.1, 0.15) is 56.4 Å². The zero-order chi connectivity index (χ0) is 18.0. The van der Waals surface area contributed by atoms with E-state index >= 15 is 0 Å². The molecule has 2 heterocycles. The molecule has 0 spiro atoms. The second kappa shape index (κ2) is 7.26. The topological polar surface area (TPSA) is 58.0 Å². The Labute approximate surface area is 150 Å². The maximum absolute atomic E-state index is 10.1. The van der Waals surface area contributed by atoms with Gasteiger partial charge in [-0.3, -0.25) is 9.98 Å². The Kier molecular flexibility index (Phi) is 5.25. The number of aromatic nitrogens is 1. The first-order valence-electron chi connectivity index (χ1n) is 9.11. The van der Waals surface area contributed by atoms with E-state index in [1.165, 1.54) is 0 Å².